The van der Waals surface area contributed by atoms with Gasteiger partial charge in [0, 0.05) is 6.42 Å². The molecule has 17 unspecified atom stereocenters. The normalized spacial score (nSPS) is 30.4. The second-order valence-corrected chi connectivity index (χ2v) is 21.4. The van der Waals surface area contributed by atoms with Gasteiger partial charge in [-0.15, -0.1) is 0 Å². The highest BCUT2D eigenvalue weighted by Gasteiger charge is 2.53. The van der Waals surface area contributed by atoms with Crippen molar-refractivity contribution in [3.8, 4) is 0 Å². The van der Waals surface area contributed by atoms with E-state index < -0.39 is 124 Å². The lowest BCUT2D eigenvalue weighted by Gasteiger charge is -2.48. The van der Waals surface area contributed by atoms with Gasteiger partial charge in [0.25, 0.3) is 0 Å². The number of nitrogens with one attached hydrogen (secondary N) is 1. The summed E-state index contributed by atoms with van der Waals surface area (Å²) >= 11 is 0. The number of allylic oxidation sites excluding steroid dienone is 13. The molecule has 0 bridgehead atoms. The van der Waals surface area contributed by atoms with Crippen LogP contribution in [0.3, 0.4) is 0 Å². The van der Waals surface area contributed by atoms with Crippen LogP contribution in [0.4, 0.5) is 0 Å². The molecule has 17 atom stereocenters. The molecule has 466 valence electrons. The van der Waals surface area contributed by atoms with Gasteiger partial charge in [-0.3, -0.25) is 4.79 Å². The smallest absolute Gasteiger partial charge is 0.220 e. The standard InChI is InChI=1S/C62H105NO18/c1-3-5-7-8-9-10-11-12-13-14-15-16-17-18-19-20-21-22-23-24-25-26-27-28-29-30-31-32-33-34-35-36-38-40-50(68)63-45(46(67)39-37-6-4-2)44-76-60-56(74)53(71)58(48(42-65)78-60)81-62-57(75)54(72)59(49(43-66)79-62)80-61-55(73)52(70)51(69)47(41-64)77-61/h5,7,9-10,12-13,15-16,18-19,21-22,37,39,45-49,51-62,64-67,69-75H,3-4,6,8,11,14,17,20,23-36,38,40-44H2,1-2H3,(H,63,68)/b7-5-,10-9-,13-12-,16-15-,19-18-,22-21-,39-37+. The molecule has 3 saturated heterocycles. The van der Waals surface area contributed by atoms with E-state index in [9.17, 15) is 61.0 Å². The zero-order valence-electron chi connectivity index (χ0n) is 48.5. The monoisotopic (exact) mass is 1150 g/mol. The summed E-state index contributed by atoms with van der Waals surface area (Å²) in [6, 6.07) is -0.972. The van der Waals surface area contributed by atoms with Crippen molar-refractivity contribution < 1.29 is 89.4 Å². The average molecular weight is 1150 g/mol. The van der Waals surface area contributed by atoms with Crippen molar-refractivity contribution in [2.45, 2.75) is 272 Å². The molecule has 81 heavy (non-hydrogen) atoms. The van der Waals surface area contributed by atoms with Crippen LogP contribution in [-0.2, 0) is 33.2 Å². The van der Waals surface area contributed by atoms with Crippen molar-refractivity contribution in [3.05, 3.63) is 85.1 Å². The van der Waals surface area contributed by atoms with Crippen LogP contribution >= 0.6 is 0 Å². The molecule has 3 aliphatic heterocycles. The summed E-state index contributed by atoms with van der Waals surface area (Å²) in [5.41, 5.74) is 0. The number of ether oxygens (including phenoxy) is 6. The Morgan fingerprint density at radius 3 is 1.31 bits per heavy atom. The maximum absolute atomic E-state index is 13.1. The second kappa shape index (κ2) is 44.4. The van der Waals surface area contributed by atoms with Crippen LogP contribution in [0.1, 0.15) is 168 Å². The Labute approximate surface area is 482 Å². The summed E-state index contributed by atoms with van der Waals surface area (Å²) in [6.07, 6.45) is 28.6. The topological polar surface area (TPSA) is 307 Å². The van der Waals surface area contributed by atoms with Gasteiger partial charge in [0.2, 0.25) is 5.91 Å². The molecule has 0 aromatic rings. The number of hydrogen-bond donors (Lipinski definition) is 12. The summed E-state index contributed by atoms with van der Waals surface area (Å²) in [5.74, 6) is -0.293. The van der Waals surface area contributed by atoms with Gasteiger partial charge in [0.1, 0.15) is 73.2 Å². The quantitative estimate of drug-likeness (QED) is 0.0261. The lowest BCUT2D eigenvalue weighted by molar-refractivity contribution is -0.379. The van der Waals surface area contributed by atoms with Crippen molar-refractivity contribution in [3.63, 3.8) is 0 Å². The zero-order valence-corrected chi connectivity index (χ0v) is 48.5. The highest BCUT2D eigenvalue weighted by atomic mass is 16.8. The summed E-state index contributed by atoms with van der Waals surface area (Å²) in [7, 11) is 0. The number of carbonyl (C=O) groups is 1. The zero-order chi connectivity index (χ0) is 59.0. The van der Waals surface area contributed by atoms with Gasteiger partial charge in [-0.25, -0.2) is 0 Å². The second-order valence-electron chi connectivity index (χ2n) is 21.4. The first-order chi connectivity index (χ1) is 39.3. The number of hydrogen-bond acceptors (Lipinski definition) is 18. The Hall–Kier alpha value is -3.03. The summed E-state index contributed by atoms with van der Waals surface area (Å²) in [6.45, 7) is 1.34. The molecule has 3 aliphatic rings. The van der Waals surface area contributed by atoms with E-state index in [0.717, 1.165) is 70.6 Å². The number of amides is 1. The summed E-state index contributed by atoms with van der Waals surface area (Å²) in [5, 5.41) is 119. The van der Waals surface area contributed by atoms with Gasteiger partial charge in [0.15, 0.2) is 18.9 Å². The predicted octanol–water partition coefficient (Wildman–Crippen LogP) is 5.59. The largest absolute Gasteiger partial charge is 0.394 e. The van der Waals surface area contributed by atoms with Crippen molar-refractivity contribution >= 4 is 5.91 Å². The lowest BCUT2D eigenvalue weighted by Crippen LogP contribution is -2.66. The summed E-state index contributed by atoms with van der Waals surface area (Å²) < 4.78 is 33.9. The minimum atomic E-state index is -1.98. The molecule has 3 heterocycles. The number of unbranched alkanes of at least 4 members (excludes halogenated alkanes) is 15. The highest BCUT2D eigenvalue weighted by molar-refractivity contribution is 5.76. The fourth-order valence-electron chi connectivity index (χ4n) is 9.73. The van der Waals surface area contributed by atoms with Crippen LogP contribution in [0.2, 0.25) is 0 Å². The first-order valence-electron chi connectivity index (χ1n) is 30.3. The van der Waals surface area contributed by atoms with Crippen LogP contribution in [0.15, 0.2) is 85.1 Å². The minimum absolute atomic E-state index is 0.235. The van der Waals surface area contributed by atoms with E-state index in [-0.39, 0.29) is 18.9 Å². The number of carbonyl (C=O) groups excluding carboxylic acids is 1. The highest BCUT2D eigenvalue weighted by Crippen LogP contribution is 2.33. The maximum atomic E-state index is 13.1. The molecule has 0 aromatic carbocycles. The van der Waals surface area contributed by atoms with Crippen LogP contribution in [-0.4, -0.2) is 193 Å². The molecule has 1 amide bonds. The molecule has 0 aliphatic carbocycles. The van der Waals surface area contributed by atoms with Crippen molar-refractivity contribution in [2.75, 3.05) is 26.4 Å². The third-order valence-corrected chi connectivity index (χ3v) is 14.7. The van der Waals surface area contributed by atoms with Crippen LogP contribution in [0, 0.1) is 0 Å². The van der Waals surface area contributed by atoms with Gasteiger partial charge >= 0.3 is 0 Å². The van der Waals surface area contributed by atoms with Crippen molar-refractivity contribution in [2.24, 2.45) is 0 Å². The fraction of sp³-hybridized carbons (Fsp3) is 0.758. The molecule has 19 nitrogen and oxygen atoms in total. The first-order valence-corrected chi connectivity index (χ1v) is 30.3. The number of aliphatic hydroxyl groups is 11. The van der Waals surface area contributed by atoms with Crippen molar-refractivity contribution in [1.82, 2.24) is 5.32 Å². The van der Waals surface area contributed by atoms with Gasteiger partial charge in [0.05, 0.1) is 38.6 Å². The minimum Gasteiger partial charge on any atom is -0.394 e. The van der Waals surface area contributed by atoms with E-state index in [2.05, 4.69) is 85.2 Å². The van der Waals surface area contributed by atoms with Gasteiger partial charge < -0.3 is 89.9 Å². The lowest BCUT2D eigenvalue weighted by atomic mass is 9.96. The summed E-state index contributed by atoms with van der Waals surface area (Å²) in [4.78, 5) is 13.1. The van der Waals surface area contributed by atoms with Gasteiger partial charge in [-0.2, -0.15) is 0 Å². The molecule has 0 saturated carbocycles. The van der Waals surface area contributed by atoms with Crippen LogP contribution in [0.25, 0.3) is 0 Å². The molecule has 3 rings (SSSR count). The predicted molar refractivity (Wildman–Crippen MR) is 309 cm³/mol. The Kier molecular flexibility index (Phi) is 39.6. The van der Waals surface area contributed by atoms with Crippen LogP contribution < -0.4 is 5.32 Å². The van der Waals surface area contributed by atoms with E-state index in [1.807, 2.05) is 6.92 Å². The number of aliphatic hydroxyl groups excluding tert-OH is 11. The first kappa shape index (κ1) is 72.2. The molecule has 0 radical (unpaired) electrons. The Morgan fingerprint density at radius 2 is 0.852 bits per heavy atom. The Bertz CT molecular complexity index is 1810. The van der Waals surface area contributed by atoms with E-state index >= 15 is 0 Å². The third kappa shape index (κ3) is 28.1. The molecule has 3 fully saturated rings. The molecule has 12 N–H and O–H groups in total. The molecule has 0 aromatic heterocycles. The van der Waals surface area contributed by atoms with Crippen LogP contribution in [0.5, 0.6) is 0 Å². The Balaban J connectivity index is 1.27. The van der Waals surface area contributed by atoms with Crippen molar-refractivity contribution in [1.29, 1.82) is 0 Å². The SMILES string of the molecule is CC/C=C\C/C=C\C/C=C\C/C=C\C/C=C\C/C=C\CCCCCCCCCCCCCCCCC(=O)NC(COC1OC(CO)C(OC2OC(CO)C(OC3OC(CO)C(O)C(O)C3O)C(O)C2O)C(O)C1O)C(O)/C=C/CCC. The molecule has 0 spiro atoms. The van der Waals surface area contributed by atoms with E-state index in [0.29, 0.717) is 12.8 Å². The van der Waals surface area contributed by atoms with E-state index in [1.165, 1.54) is 64.2 Å². The molecular weight excluding hydrogens is 1050 g/mol. The van der Waals surface area contributed by atoms with E-state index in [1.54, 1.807) is 12.2 Å². The van der Waals surface area contributed by atoms with Gasteiger partial charge in [-0.05, 0) is 64.2 Å². The molecular formula is C62H105NO18. The average Bonchev–Trinajstić information content (AvgIpc) is 3.55. The van der Waals surface area contributed by atoms with Gasteiger partial charge in [-0.1, -0.05) is 182 Å². The number of rotatable bonds is 43. The molecule has 19 heteroatoms. The third-order valence-electron chi connectivity index (χ3n) is 14.7. The van der Waals surface area contributed by atoms with E-state index in [4.69, 9.17) is 28.4 Å². The Morgan fingerprint density at radius 1 is 0.457 bits per heavy atom. The maximum Gasteiger partial charge on any atom is 0.220 e. The fourth-order valence-corrected chi connectivity index (χ4v) is 9.73.